The molecule has 1 spiro atoms. The lowest BCUT2D eigenvalue weighted by molar-refractivity contribution is -0.194. The van der Waals surface area contributed by atoms with Crippen LogP contribution in [0.3, 0.4) is 0 Å². The minimum absolute atomic E-state index is 0.0679. The first-order valence-electron chi connectivity index (χ1n) is 5.70. The molecule has 0 bridgehead atoms. The zero-order valence-electron chi connectivity index (χ0n) is 9.79. The fourth-order valence-corrected chi connectivity index (χ4v) is 2.58. The predicted octanol–water partition coefficient (Wildman–Crippen LogP) is 1.15. The summed E-state index contributed by atoms with van der Waals surface area (Å²) in [5.74, 6) is 0. The molecule has 2 fully saturated rings. The Labute approximate surface area is 87.0 Å². The fourth-order valence-electron chi connectivity index (χ4n) is 2.58. The lowest BCUT2D eigenvalue weighted by Crippen LogP contribution is -2.70. The SMILES string of the molecule is CC(C)N1CC2(C1)OCCN2C(C)C. The highest BCUT2D eigenvalue weighted by molar-refractivity contribution is 5.01. The molecule has 0 unspecified atom stereocenters. The molecule has 0 amide bonds. The lowest BCUT2D eigenvalue weighted by atomic mass is 9.99. The predicted molar refractivity (Wildman–Crippen MR) is 57.2 cm³/mol. The molecule has 0 aliphatic carbocycles. The second-order valence-corrected chi connectivity index (χ2v) is 5.08. The van der Waals surface area contributed by atoms with E-state index in [0.29, 0.717) is 12.1 Å². The van der Waals surface area contributed by atoms with E-state index in [1.165, 1.54) is 0 Å². The van der Waals surface area contributed by atoms with Crippen LogP contribution in [0.15, 0.2) is 0 Å². The van der Waals surface area contributed by atoms with Crippen LogP contribution in [0.2, 0.25) is 0 Å². The average Bonchev–Trinajstić information content (AvgIpc) is 2.43. The van der Waals surface area contributed by atoms with E-state index in [9.17, 15) is 0 Å². The second kappa shape index (κ2) is 3.47. The van der Waals surface area contributed by atoms with Crippen molar-refractivity contribution < 1.29 is 4.74 Å². The summed E-state index contributed by atoms with van der Waals surface area (Å²) in [6.45, 7) is 13.2. The maximum atomic E-state index is 5.92. The molecule has 82 valence electrons. The summed E-state index contributed by atoms with van der Waals surface area (Å²) < 4.78 is 5.92. The molecule has 0 saturated carbocycles. The van der Waals surface area contributed by atoms with Crippen molar-refractivity contribution in [1.82, 2.24) is 9.80 Å². The Hall–Kier alpha value is -0.120. The number of hydrogen-bond donors (Lipinski definition) is 0. The summed E-state index contributed by atoms with van der Waals surface area (Å²) in [6, 6.07) is 1.26. The van der Waals surface area contributed by atoms with Gasteiger partial charge in [0.25, 0.3) is 0 Å². The monoisotopic (exact) mass is 198 g/mol. The van der Waals surface area contributed by atoms with E-state index in [-0.39, 0.29) is 5.72 Å². The van der Waals surface area contributed by atoms with Crippen molar-refractivity contribution in [3.05, 3.63) is 0 Å². The standard InChI is InChI=1S/C11H22N2O/c1-9(2)12-7-11(8-12)13(10(3)4)5-6-14-11/h9-10H,5-8H2,1-4H3. The molecule has 0 N–H and O–H groups in total. The molecule has 0 atom stereocenters. The molecule has 0 aromatic rings. The Morgan fingerprint density at radius 1 is 1.07 bits per heavy atom. The average molecular weight is 198 g/mol. The van der Waals surface area contributed by atoms with Crippen molar-refractivity contribution in [1.29, 1.82) is 0 Å². The number of nitrogens with zero attached hydrogens (tertiary/aromatic N) is 2. The number of rotatable bonds is 2. The molecule has 2 aliphatic heterocycles. The Morgan fingerprint density at radius 2 is 1.71 bits per heavy atom. The molecule has 0 aromatic heterocycles. The van der Waals surface area contributed by atoms with Crippen molar-refractivity contribution in [2.24, 2.45) is 0 Å². The summed E-state index contributed by atoms with van der Waals surface area (Å²) in [6.07, 6.45) is 0. The fraction of sp³-hybridized carbons (Fsp3) is 1.00. The minimum atomic E-state index is 0.0679. The van der Waals surface area contributed by atoms with Gasteiger partial charge in [0.1, 0.15) is 5.72 Å². The van der Waals surface area contributed by atoms with E-state index < -0.39 is 0 Å². The van der Waals surface area contributed by atoms with Crippen LogP contribution in [0.4, 0.5) is 0 Å². The molecule has 2 rings (SSSR count). The van der Waals surface area contributed by atoms with Gasteiger partial charge in [-0.05, 0) is 27.7 Å². The van der Waals surface area contributed by atoms with Crippen LogP contribution < -0.4 is 0 Å². The Balaban J connectivity index is 1.98. The maximum Gasteiger partial charge on any atom is 0.147 e. The largest absolute Gasteiger partial charge is 0.356 e. The van der Waals surface area contributed by atoms with Gasteiger partial charge in [0.2, 0.25) is 0 Å². The molecular formula is C11H22N2O. The number of ether oxygens (including phenoxy) is 1. The van der Waals surface area contributed by atoms with Gasteiger partial charge in [-0.1, -0.05) is 0 Å². The molecule has 3 nitrogen and oxygen atoms in total. The third-order valence-electron chi connectivity index (χ3n) is 3.48. The van der Waals surface area contributed by atoms with Gasteiger partial charge in [0.05, 0.1) is 6.61 Å². The first kappa shape index (κ1) is 10.4. The molecule has 14 heavy (non-hydrogen) atoms. The Morgan fingerprint density at radius 3 is 2.21 bits per heavy atom. The van der Waals surface area contributed by atoms with Crippen molar-refractivity contribution in [2.45, 2.75) is 45.5 Å². The van der Waals surface area contributed by atoms with Crippen molar-refractivity contribution >= 4 is 0 Å². The van der Waals surface area contributed by atoms with Crippen molar-refractivity contribution in [3.8, 4) is 0 Å². The number of hydrogen-bond acceptors (Lipinski definition) is 3. The van der Waals surface area contributed by atoms with Gasteiger partial charge in [-0.3, -0.25) is 9.80 Å². The summed E-state index contributed by atoms with van der Waals surface area (Å²) in [7, 11) is 0. The summed E-state index contributed by atoms with van der Waals surface area (Å²) >= 11 is 0. The van der Waals surface area contributed by atoms with Crippen LogP contribution in [0.1, 0.15) is 27.7 Å². The molecule has 2 aliphatic rings. The van der Waals surface area contributed by atoms with Gasteiger partial charge in [-0.2, -0.15) is 0 Å². The van der Waals surface area contributed by atoms with Crippen LogP contribution in [-0.4, -0.2) is 53.8 Å². The van der Waals surface area contributed by atoms with Crippen molar-refractivity contribution in [3.63, 3.8) is 0 Å². The van der Waals surface area contributed by atoms with Gasteiger partial charge in [-0.25, -0.2) is 0 Å². The van der Waals surface area contributed by atoms with Crippen LogP contribution in [0.5, 0.6) is 0 Å². The van der Waals surface area contributed by atoms with E-state index in [2.05, 4.69) is 37.5 Å². The van der Waals surface area contributed by atoms with Crippen LogP contribution in [-0.2, 0) is 4.74 Å². The third kappa shape index (κ3) is 1.47. The Bertz CT molecular complexity index is 209. The molecule has 2 heterocycles. The van der Waals surface area contributed by atoms with Gasteiger partial charge in [-0.15, -0.1) is 0 Å². The number of likely N-dealkylation sites (tertiary alicyclic amines) is 1. The quantitative estimate of drug-likeness (QED) is 0.662. The zero-order chi connectivity index (χ0) is 10.3. The lowest BCUT2D eigenvalue weighted by Gasteiger charge is -2.54. The molecule has 0 aromatic carbocycles. The summed E-state index contributed by atoms with van der Waals surface area (Å²) in [5.41, 5.74) is 0.0679. The highest BCUT2D eigenvalue weighted by Crippen LogP contribution is 2.35. The molecular weight excluding hydrogens is 176 g/mol. The highest BCUT2D eigenvalue weighted by atomic mass is 16.5. The summed E-state index contributed by atoms with van der Waals surface area (Å²) in [4.78, 5) is 4.98. The second-order valence-electron chi connectivity index (χ2n) is 5.08. The van der Waals surface area contributed by atoms with Crippen LogP contribution >= 0.6 is 0 Å². The smallest absolute Gasteiger partial charge is 0.147 e. The first-order valence-corrected chi connectivity index (χ1v) is 5.70. The first-order chi connectivity index (χ1) is 6.55. The van der Waals surface area contributed by atoms with Crippen LogP contribution in [0, 0.1) is 0 Å². The van der Waals surface area contributed by atoms with Gasteiger partial charge in [0.15, 0.2) is 0 Å². The van der Waals surface area contributed by atoms with E-state index in [4.69, 9.17) is 4.74 Å². The van der Waals surface area contributed by atoms with E-state index >= 15 is 0 Å². The van der Waals surface area contributed by atoms with Crippen LogP contribution in [0.25, 0.3) is 0 Å². The highest BCUT2D eigenvalue weighted by Gasteiger charge is 2.52. The van der Waals surface area contributed by atoms with Crippen molar-refractivity contribution in [2.75, 3.05) is 26.2 Å². The molecule has 3 heteroatoms. The molecule has 0 radical (unpaired) electrons. The van der Waals surface area contributed by atoms with Gasteiger partial charge in [0, 0.05) is 31.7 Å². The summed E-state index contributed by atoms with van der Waals surface area (Å²) in [5, 5.41) is 0. The zero-order valence-corrected chi connectivity index (χ0v) is 9.79. The van der Waals surface area contributed by atoms with E-state index in [0.717, 1.165) is 26.2 Å². The van der Waals surface area contributed by atoms with Gasteiger partial charge >= 0.3 is 0 Å². The Kier molecular flexibility index (Phi) is 2.58. The topological polar surface area (TPSA) is 15.7 Å². The van der Waals surface area contributed by atoms with E-state index in [1.54, 1.807) is 0 Å². The van der Waals surface area contributed by atoms with Gasteiger partial charge < -0.3 is 4.74 Å². The van der Waals surface area contributed by atoms with E-state index in [1.807, 2.05) is 0 Å². The minimum Gasteiger partial charge on any atom is -0.356 e. The molecule has 2 saturated heterocycles. The normalized spacial score (nSPS) is 27.9. The third-order valence-corrected chi connectivity index (χ3v) is 3.48. The maximum absolute atomic E-state index is 5.92.